The monoisotopic (exact) mass is 220 g/mol. The molecule has 2 aromatic heterocycles. The predicted molar refractivity (Wildman–Crippen MR) is 59.9 cm³/mol. The summed E-state index contributed by atoms with van der Waals surface area (Å²) in [6.45, 7) is 2.02. The molecule has 16 heavy (non-hydrogen) atoms. The molecule has 0 amide bonds. The molecule has 1 unspecified atom stereocenters. The summed E-state index contributed by atoms with van der Waals surface area (Å²) in [7, 11) is 3.69. The predicted octanol–water partition coefficient (Wildman–Crippen LogP) is 0.798. The molecule has 0 radical (unpaired) electrons. The van der Waals surface area contributed by atoms with Crippen molar-refractivity contribution in [3.05, 3.63) is 35.4 Å². The molecule has 0 aliphatic rings. The fourth-order valence-electron chi connectivity index (χ4n) is 1.79. The van der Waals surface area contributed by atoms with Gasteiger partial charge >= 0.3 is 0 Å². The molecule has 0 saturated heterocycles. The highest BCUT2D eigenvalue weighted by molar-refractivity contribution is 5.26. The average molecular weight is 220 g/mol. The second-order valence-corrected chi connectivity index (χ2v) is 3.88. The van der Waals surface area contributed by atoms with Gasteiger partial charge in [0.2, 0.25) is 0 Å². The Balaban J connectivity index is 2.36. The summed E-state index contributed by atoms with van der Waals surface area (Å²) in [4.78, 5) is 0. The number of aliphatic hydroxyl groups excluding tert-OH is 1. The van der Waals surface area contributed by atoms with Crippen molar-refractivity contribution in [3.63, 3.8) is 0 Å². The summed E-state index contributed by atoms with van der Waals surface area (Å²) >= 11 is 0. The minimum atomic E-state index is -0.690. The van der Waals surface area contributed by atoms with E-state index in [0.717, 1.165) is 17.7 Å². The molecule has 86 valence electrons. The molecule has 2 heterocycles. The van der Waals surface area contributed by atoms with Gasteiger partial charge in [0.15, 0.2) is 0 Å². The molecule has 2 rings (SSSR count). The van der Waals surface area contributed by atoms with Crippen LogP contribution >= 0.6 is 0 Å². The summed E-state index contributed by atoms with van der Waals surface area (Å²) in [5.41, 5.74) is 2.41. The van der Waals surface area contributed by atoms with Gasteiger partial charge in [-0.15, -0.1) is 0 Å². The average Bonchev–Trinajstić information content (AvgIpc) is 2.83. The van der Waals surface area contributed by atoms with Crippen molar-refractivity contribution in [2.24, 2.45) is 14.1 Å². The summed E-state index contributed by atoms with van der Waals surface area (Å²) in [5, 5.41) is 18.7. The van der Waals surface area contributed by atoms with Crippen molar-refractivity contribution < 1.29 is 5.11 Å². The summed E-state index contributed by atoms with van der Waals surface area (Å²) in [6, 6.07) is 1.82. The number of rotatable bonds is 3. The molecular formula is C11H16N4O. The van der Waals surface area contributed by atoms with Crippen LogP contribution < -0.4 is 0 Å². The molecular weight excluding hydrogens is 204 g/mol. The molecule has 1 N–H and O–H groups in total. The molecule has 1 atom stereocenters. The molecule has 0 aromatic carbocycles. The second kappa shape index (κ2) is 4.09. The van der Waals surface area contributed by atoms with E-state index in [-0.39, 0.29) is 0 Å². The van der Waals surface area contributed by atoms with Crippen molar-refractivity contribution >= 4 is 0 Å². The van der Waals surface area contributed by atoms with Crippen LogP contribution in [0.15, 0.2) is 18.5 Å². The third kappa shape index (κ3) is 1.86. The van der Waals surface area contributed by atoms with E-state index in [1.165, 1.54) is 0 Å². The van der Waals surface area contributed by atoms with Crippen molar-refractivity contribution in [1.29, 1.82) is 0 Å². The Bertz CT molecular complexity index is 486. The lowest BCUT2D eigenvalue weighted by Gasteiger charge is -2.06. The third-order valence-electron chi connectivity index (χ3n) is 2.58. The van der Waals surface area contributed by atoms with Gasteiger partial charge in [-0.05, 0) is 12.5 Å². The quantitative estimate of drug-likeness (QED) is 0.832. The Kier molecular flexibility index (Phi) is 2.78. The van der Waals surface area contributed by atoms with Gasteiger partial charge in [-0.1, -0.05) is 6.92 Å². The van der Waals surface area contributed by atoms with E-state index in [4.69, 9.17) is 0 Å². The van der Waals surface area contributed by atoms with E-state index in [0.29, 0.717) is 5.69 Å². The summed E-state index contributed by atoms with van der Waals surface area (Å²) < 4.78 is 3.40. The second-order valence-electron chi connectivity index (χ2n) is 3.88. The lowest BCUT2D eigenvalue weighted by atomic mass is 10.1. The van der Waals surface area contributed by atoms with E-state index in [9.17, 15) is 5.11 Å². The Labute approximate surface area is 94.3 Å². The molecule has 0 spiro atoms. The zero-order valence-corrected chi connectivity index (χ0v) is 9.75. The summed E-state index contributed by atoms with van der Waals surface area (Å²) in [6.07, 6.45) is 3.78. The van der Waals surface area contributed by atoms with Gasteiger partial charge in [0.25, 0.3) is 0 Å². The zero-order valence-electron chi connectivity index (χ0n) is 9.75. The lowest BCUT2D eigenvalue weighted by molar-refractivity contribution is 0.213. The molecule has 0 bridgehead atoms. The van der Waals surface area contributed by atoms with Crippen LogP contribution in [0, 0.1) is 0 Å². The number of aliphatic hydroxyl groups is 1. The largest absolute Gasteiger partial charge is 0.382 e. The molecule has 0 aliphatic heterocycles. The molecule has 0 saturated carbocycles. The Morgan fingerprint density at radius 2 is 2.06 bits per heavy atom. The molecule has 2 aromatic rings. The fourth-order valence-corrected chi connectivity index (χ4v) is 1.79. The minimum Gasteiger partial charge on any atom is -0.382 e. The highest BCUT2D eigenvalue weighted by Crippen LogP contribution is 2.23. The first-order valence-corrected chi connectivity index (χ1v) is 5.31. The normalized spacial score (nSPS) is 13.0. The molecule has 5 heteroatoms. The first-order chi connectivity index (χ1) is 7.61. The third-order valence-corrected chi connectivity index (χ3v) is 2.58. The Morgan fingerprint density at radius 1 is 1.31 bits per heavy atom. The van der Waals surface area contributed by atoms with Gasteiger partial charge < -0.3 is 5.11 Å². The maximum atomic E-state index is 10.2. The van der Waals surface area contributed by atoms with Gasteiger partial charge in [0, 0.05) is 32.1 Å². The van der Waals surface area contributed by atoms with Crippen LogP contribution in [-0.2, 0) is 20.5 Å². The lowest BCUT2D eigenvalue weighted by Crippen LogP contribution is -2.03. The van der Waals surface area contributed by atoms with Crippen LogP contribution in [0.1, 0.15) is 30.0 Å². The van der Waals surface area contributed by atoms with Gasteiger partial charge in [0.1, 0.15) is 6.10 Å². The van der Waals surface area contributed by atoms with Crippen LogP contribution in [0.5, 0.6) is 0 Å². The summed E-state index contributed by atoms with van der Waals surface area (Å²) in [5.74, 6) is 0. The van der Waals surface area contributed by atoms with Crippen molar-refractivity contribution in [2.45, 2.75) is 19.4 Å². The Hall–Kier alpha value is -1.62. The smallest absolute Gasteiger partial charge is 0.126 e. The van der Waals surface area contributed by atoms with Gasteiger partial charge in [0.05, 0.1) is 11.4 Å². The number of aryl methyl sites for hydroxylation is 3. The Morgan fingerprint density at radius 3 is 2.62 bits per heavy atom. The molecule has 5 nitrogen and oxygen atoms in total. The highest BCUT2D eigenvalue weighted by atomic mass is 16.3. The van der Waals surface area contributed by atoms with Crippen LogP contribution in [0.4, 0.5) is 0 Å². The maximum absolute atomic E-state index is 10.2. The SMILES string of the molecule is CCc1nn(C)cc1C(O)c1ccn(C)n1. The highest BCUT2D eigenvalue weighted by Gasteiger charge is 2.18. The number of hydrogen-bond donors (Lipinski definition) is 1. The molecule has 0 aliphatic carbocycles. The van der Waals surface area contributed by atoms with Crippen molar-refractivity contribution in [1.82, 2.24) is 19.6 Å². The fraction of sp³-hybridized carbons (Fsp3) is 0.455. The van der Waals surface area contributed by atoms with Gasteiger partial charge in [-0.2, -0.15) is 10.2 Å². The number of hydrogen-bond acceptors (Lipinski definition) is 3. The van der Waals surface area contributed by atoms with Crippen LogP contribution in [0.25, 0.3) is 0 Å². The first kappa shape index (κ1) is 10.9. The van der Waals surface area contributed by atoms with Crippen LogP contribution in [0.3, 0.4) is 0 Å². The zero-order chi connectivity index (χ0) is 11.7. The standard InChI is InChI=1S/C11H16N4O/c1-4-9-8(7-15(3)12-9)11(16)10-5-6-14(2)13-10/h5-7,11,16H,4H2,1-3H3. The first-order valence-electron chi connectivity index (χ1n) is 5.31. The van der Waals surface area contributed by atoms with Crippen molar-refractivity contribution in [2.75, 3.05) is 0 Å². The van der Waals surface area contributed by atoms with Crippen LogP contribution in [0.2, 0.25) is 0 Å². The van der Waals surface area contributed by atoms with Crippen LogP contribution in [-0.4, -0.2) is 24.7 Å². The minimum absolute atomic E-state index is 0.658. The van der Waals surface area contributed by atoms with E-state index in [2.05, 4.69) is 10.2 Å². The maximum Gasteiger partial charge on any atom is 0.126 e. The topological polar surface area (TPSA) is 55.9 Å². The number of nitrogens with zero attached hydrogens (tertiary/aromatic N) is 4. The van der Waals surface area contributed by atoms with Crippen molar-refractivity contribution in [3.8, 4) is 0 Å². The molecule has 0 fully saturated rings. The number of aromatic nitrogens is 4. The van der Waals surface area contributed by atoms with E-state index >= 15 is 0 Å². The van der Waals surface area contributed by atoms with Gasteiger partial charge in [-0.3, -0.25) is 9.36 Å². The van der Waals surface area contributed by atoms with E-state index < -0.39 is 6.10 Å². The van der Waals surface area contributed by atoms with E-state index in [1.54, 1.807) is 9.36 Å². The van der Waals surface area contributed by atoms with E-state index in [1.807, 2.05) is 39.5 Å². The van der Waals surface area contributed by atoms with Gasteiger partial charge in [-0.25, -0.2) is 0 Å².